The lowest BCUT2D eigenvalue weighted by molar-refractivity contribution is 0.413. The molecule has 1 aromatic carbocycles. The molecular formula is C11H13N5OS. The Hall–Kier alpha value is -2.02. The molecule has 2 aromatic rings. The number of amidine groups is 1. The highest BCUT2D eigenvalue weighted by Gasteiger charge is 2.08. The van der Waals surface area contributed by atoms with Crippen molar-refractivity contribution in [3.05, 3.63) is 35.7 Å². The van der Waals surface area contributed by atoms with Crippen molar-refractivity contribution in [2.45, 2.75) is 10.9 Å². The third-order valence-electron chi connectivity index (χ3n) is 2.32. The van der Waals surface area contributed by atoms with Gasteiger partial charge in [-0.25, -0.2) is 4.98 Å². The number of nitrogens with zero attached hydrogens (tertiary/aromatic N) is 2. The van der Waals surface area contributed by atoms with Crippen LogP contribution in [0, 0.1) is 5.41 Å². The van der Waals surface area contributed by atoms with Crippen LogP contribution in [0.25, 0.3) is 0 Å². The van der Waals surface area contributed by atoms with Gasteiger partial charge in [0.2, 0.25) is 0 Å². The van der Waals surface area contributed by atoms with Gasteiger partial charge < -0.3 is 10.5 Å². The normalized spacial score (nSPS) is 10.3. The molecule has 0 radical (unpaired) electrons. The van der Waals surface area contributed by atoms with E-state index in [0.717, 1.165) is 16.5 Å². The molecule has 0 saturated heterocycles. The van der Waals surface area contributed by atoms with Crippen LogP contribution in [0.15, 0.2) is 29.7 Å². The first kappa shape index (κ1) is 12.4. The van der Waals surface area contributed by atoms with Crippen molar-refractivity contribution < 1.29 is 4.74 Å². The predicted octanol–water partition coefficient (Wildman–Crippen LogP) is 1.39. The van der Waals surface area contributed by atoms with E-state index in [1.165, 1.54) is 18.1 Å². The minimum Gasteiger partial charge on any atom is -0.496 e. The molecular weight excluding hydrogens is 250 g/mol. The number of ether oxygens (including phenoxy) is 1. The molecule has 0 bridgehead atoms. The lowest BCUT2D eigenvalue weighted by Crippen LogP contribution is -2.12. The highest BCUT2D eigenvalue weighted by Crippen LogP contribution is 2.24. The number of nitrogen functional groups attached to an aromatic ring is 1. The maximum absolute atomic E-state index is 7.51. The fraction of sp³-hybridized carbons (Fsp3) is 0.182. The van der Waals surface area contributed by atoms with Gasteiger partial charge in [-0.1, -0.05) is 17.8 Å². The maximum Gasteiger partial charge on any atom is 0.183 e. The molecule has 94 valence electrons. The van der Waals surface area contributed by atoms with Gasteiger partial charge in [-0.05, 0) is 17.7 Å². The van der Waals surface area contributed by atoms with Gasteiger partial charge in [0.1, 0.15) is 17.9 Å². The number of nitrogens with one attached hydrogen (secondary N) is 2. The number of aromatic amines is 1. The van der Waals surface area contributed by atoms with Gasteiger partial charge in [0.05, 0.1) is 12.7 Å². The van der Waals surface area contributed by atoms with Gasteiger partial charge in [0.25, 0.3) is 0 Å². The number of H-pyrrole nitrogens is 1. The number of thioether (sulfide) groups is 1. The molecule has 0 aliphatic heterocycles. The van der Waals surface area contributed by atoms with Crippen molar-refractivity contribution in [2.24, 2.45) is 5.73 Å². The lowest BCUT2D eigenvalue weighted by atomic mass is 10.1. The van der Waals surface area contributed by atoms with Crippen LogP contribution in [0.2, 0.25) is 0 Å². The van der Waals surface area contributed by atoms with Crippen LogP contribution in [0.4, 0.5) is 0 Å². The quantitative estimate of drug-likeness (QED) is 0.430. The second kappa shape index (κ2) is 5.54. The Labute approximate surface area is 108 Å². The molecule has 0 spiro atoms. The summed E-state index contributed by atoms with van der Waals surface area (Å²) in [5.74, 6) is 1.33. The molecule has 0 saturated carbocycles. The van der Waals surface area contributed by atoms with Crippen LogP contribution in [0.5, 0.6) is 5.75 Å². The van der Waals surface area contributed by atoms with Gasteiger partial charge in [0.15, 0.2) is 5.16 Å². The standard InChI is InChI=1S/C11H13N5OS/c1-17-9-3-2-7(4-8(9)10(12)13)5-18-11-14-6-15-16-11/h2-4,6H,5H2,1H3,(H3,12,13)(H,14,15,16). The Balaban J connectivity index is 2.14. The topological polar surface area (TPSA) is 101 Å². The fourth-order valence-electron chi connectivity index (χ4n) is 1.47. The van der Waals surface area contributed by atoms with E-state index >= 15 is 0 Å². The molecule has 6 nitrogen and oxygen atoms in total. The number of hydrogen-bond acceptors (Lipinski definition) is 5. The number of nitrogens with two attached hydrogens (primary N) is 1. The van der Waals surface area contributed by atoms with Gasteiger partial charge in [-0.2, -0.15) is 5.10 Å². The molecule has 4 N–H and O–H groups in total. The monoisotopic (exact) mass is 263 g/mol. The first-order chi connectivity index (χ1) is 8.70. The van der Waals surface area contributed by atoms with Crippen molar-refractivity contribution in [2.75, 3.05) is 7.11 Å². The first-order valence-corrected chi connectivity index (χ1v) is 6.18. The summed E-state index contributed by atoms with van der Waals surface area (Å²) < 4.78 is 5.16. The number of benzene rings is 1. The first-order valence-electron chi connectivity index (χ1n) is 5.20. The number of hydrogen-bond donors (Lipinski definition) is 3. The van der Waals surface area contributed by atoms with Gasteiger partial charge in [-0.3, -0.25) is 10.5 Å². The maximum atomic E-state index is 7.51. The van der Waals surface area contributed by atoms with Gasteiger partial charge in [-0.15, -0.1) is 0 Å². The Morgan fingerprint density at radius 3 is 3.00 bits per heavy atom. The molecule has 1 aromatic heterocycles. The Morgan fingerprint density at radius 2 is 2.39 bits per heavy atom. The summed E-state index contributed by atoms with van der Waals surface area (Å²) in [5.41, 5.74) is 7.17. The van der Waals surface area contributed by atoms with Crippen molar-refractivity contribution in [3.8, 4) is 5.75 Å². The number of methoxy groups -OCH3 is 1. The van der Waals surface area contributed by atoms with Crippen LogP contribution in [0.3, 0.4) is 0 Å². The smallest absolute Gasteiger partial charge is 0.183 e. The van der Waals surface area contributed by atoms with Crippen molar-refractivity contribution in [1.82, 2.24) is 15.2 Å². The highest BCUT2D eigenvalue weighted by atomic mass is 32.2. The van der Waals surface area contributed by atoms with Crippen LogP contribution in [-0.2, 0) is 5.75 Å². The molecule has 0 atom stereocenters. The fourth-order valence-corrected chi connectivity index (χ4v) is 2.19. The molecule has 0 unspecified atom stereocenters. The van der Waals surface area contributed by atoms with Gasteiger partial charge in [0, 0.05) is 5.75 Å². The van der Waals surface area contributed by atoms with E-state index in [4.69, 9.17) is 15.9 Å². The largest absolute Gasteiger partial charge is 0.496 e. The van der Waals surface area contributed by atoms with Crippen molar-refractivity contribution >= 4 is 17.6 Å². The zero-order chi connectivity index (χ0) is 13.0. The van der Waals surface area contributed by atoms with E-state index in [9.17, 15) is 0 Å². The molecule has 0 aliphatic rings. The second-order valence-corrected chi connectivity index (χ2v) is 4.49. The zero-order valence-electron chi connectivity index (χ0n) is 9.80. The molecule has 7 heteroatoms. The van der Waals surface area contributed by atoms with E-state index in [2.05, 4.69) is 15.2 Å². The molecule has 2 rings (SSSR count). The third kappa shape index (κ3) is 2.80. The summed E-state index contributed by atoms with van der Waals surface area (Å²) in [6, 6.07) is 5.60. The average Bonchev–Trinajstić information content (AvgIpc) is 2.89. The lowest BCUT2D eigenvalue weighted by Gasteiger charge is -2.08. The molecule has 1 heterocycles. The summed E-state index contributed by atoms with van der Waals surface area (Å²) >= 11 is 1.53. The molecule has 0 fully saturated rings. The molecule has 0 aliphatic carbocycles. The summed E-state index contributed by atoms with van der Waals surface area (Å²) in [4.78, 5) is 4.03. The Morgan fingerprint density at radius 1 is 1.56 bits per heavy atom. The second-order valence-electron chi connectivity index (χ2n) is 3.53. The summed E-state index contributed by atoms with van der Waals surface area (Å²) in [6.45, 7) is 0. The molecule has 0 amide bonds. The van der Waals surface area contributed by atoms with E-state index in [1.54, 1.807) is 7.11 Å². The van der Waals surface area contributed by atoms with Crippen LogP contribution < -0.4 is 10.5 Å². The highest BCUT2D eigenvalue weighted by molar-refractivity contribution is 7.98. The van der Waals surface area contributed by atoms with Crippen molar-refractivity contribution in [1.29, 1.82) is 5.41 Å². The average molecular weight is 263 g/mol. The van der Waals surface area contributed by atoms with E-state index < -0.39 is 0 Å². The molecule has 18 heavy (non-hydrogen) atoms. The van der Waals surface area contributed by atoms with Gasteiger partial charge >= 0.3 is 0 Å². The summed E-state index contributed by atoms with van der Waals surface area (Å²) in [5, 5.41) is 14.8. The van der Waals surface area contributed by atoms with E-state index in [0.29, 0.717) is 11.3 Å². The van der Waals surface area contributed by atoms with E-state index in [-0.39, 0.29) is 5.84 Å². The Kier molecular flexibility index (Phi) is 3.83. The van der Waals surface area contributed by atoms with Crippen LogP contribution >= 0.6 is 11.8 Å². The summed E-state index contributed by atoms with van der Waals surface area (Å²) in [6.07, 6.45) is 1.47. The SMILES string of the molecule is COc1ccc(CSc2ncn[nH]2)cc1C(=N)N. The third-order valence-corrected chi connectivity index (χ3v) is 3.27. The predicted molar refractivity (Wildman–Crippen MR) is 70.0 cm³/mol. The minimum atomic E-state index is -0.00151. The van der Waals surface area contributed by atoms with E-state index in [1.807, 2.05) is 18.2 Å². The zero-order valence-corrected chi connectivity index (χ0v) is 10.6. The Bertz CT molecular complexity index is 540. The van der Waals surface area contributed by atoms with Crippen LogP contribution in [-0.4, -0.2) is 28.1 Å². The minimum absolute atomic E-state index is 0.00151. The summed E-state index contributed by atoms with van der Waals surface area (Å²) in [7, 11) is 1.56. The number of aromatic nitrogens is 3. The number of rotatable bonds is 5. The van der Waals surface area contributed by atoms with Crippen LogP contribution in [0.1, 0.15) is 11.1 Å². The van der Waals surface area contributed by atoms with Crippen molar-refractivity contribution in [3.63, 3.8) is 0 Å².